The molecule has 2 unspecified atom stereocenters. The highest BCUT2D eigenvalue weighted by Crippen LogP contribution is 2.33. The number of halogens is 2. The molecule has 1 fully saturated rings. The van der Waals surface area contributed by atoms with E-state index in [-0.39, 0.29) is 21.8 Å². The van der Waals surface area contributed by atoms with E-state index in [1.54, 1.807) is 0 Å². The molecule has 1 amide bonds. The van der Waals surface area contributed by atoms with Crippen LogP contribution in [-0.4, -0.2) is 27.5 Å². The minimum atomic E-state index is -1.26. The monoisotopic (exact) mass is 330 g/mol. The average Bonchev–Trinajstić information content (AvgIpc) is 2.41. The van der Waals surface area contributed by atoms with Crippen LogP contribution in [0.3, 0.4) is 0 Å². The molecule has 0 bridgehead atoms. The molecule has 2 rings (SSSR count). The lowest BCUT2D eigenvalue weighted by molar-refractivity contribution is -0.146. The summed E-state index contributed by atoms with van der Waals surface area (Å²) >= 11 is 11.7. The largest absolute Gasteiger partial charge is 0.480 e. The van der Waals surface area contributed by atoms with Gasteiger partial charge in [0.2, 0.25) is 0 Å². The number of aliphatic carboxylic acids is 1. The van der Waals surface area contributed by atoms with Crippen molar-refractivity contribution in [2.75, 3.05) is 0 Å². The molecular weight excluding hydrogens is 315 g/mol. The maximum atomic E-state index is 12.3. The van der Waals surface area contributed by atoms with Crippen molar-refractivity contribution in [3.63, 3.8) is 0 Å². The predicted molar refractivity (Wildman–Crippen MR) is 79.7 cm³/mol. The molecule has 21 heavy (non-hydrogen) atoms. The number of hydrogen-bond acceptors (Lipinski definition) is 3. The Balaban J connectivity index is 2.27. The highest BCUT2D eigenvalue weighted by atomic mass is 35.5. The van der Waals surface area contributed by atoms with Gasteiger partial charge in [-0.05, 0) is 30.9 Å². The second-order valence-corrected chi connectivity index (χ2v) is 6.30. The molecule has 7 heteroatoms. The fraction of sp³-hybridized carbons (Fsp3) is 0.500. The summed E-state index contributed by atoms with van der Waals surface area (Å²) in [7, 11) is 0. The Kier molecular flexibility index (Phi) is 4.74. The van der Waals surface area contributed by atoms with Gasteiger partial charge in [-0.1, -0.05) is 43.0 Å². The molecule has 1 aliphatic carbocycles. The summed E-state index contributed by atoms with van der Waals surface area (Å²) in [4.78, 5) is 27.8. The minimum Gasteiger partial charge on any atom is -0.480 e. The number of nitrogens with one attached hydrogen (secondary N) is 1. The third kappa shape index (κ3) is 3.47. The lowest BCUT2D eigenvalue weighted by Crippen LogP contribution is -2.57. The van der Waals surface area contributed by atoms with Crippen LogP contribution in [0.4, 0.5) is 0 Å². The van der Waals surface area contributed by atoms with Gasteiger partial charge in [-0.2, -0.15) is 0 Å². The van der Waals surface area contributed by atoms with Crippen LogP contribution >= 0.6 is 23.2 Å². The number of aromatic nitrogens is 1. The SMILES string of the molecule is CC1CCCC(NC(=O)c2nc(Cl)ccc2Cl)(C(=O)O)C1. The number of amides is 1. The summed E-state index contributed by atoms with van der Waals surface area (Å²) in [5.74, 6) is -1.41. The van der Waals surface area contributed by atoms with Crippen molar-refractivity contribution in [1.82, 2.24) is 10.3 Å². The molecule has 1 aliphatic rings. The molecule has 0 aromatic carbocycles. The van der Waals surface area contributed by atoms with E-state index in [0.29, 0.717) is 12.8 Å². The topological polar surface area (TPSA) is 79.3 Å². The fourth-order valence-electron chi connectivity index (χ4n) is 2.77. The van der Waals surface area contributed by atoms with Crippen molar-refractivity contribution in [3.05, 3.63) is 28.0 Å². The van der Waals surface area contributed by atoms with E-state index >= 15 is 0 Å². The maximum Gasteiger partial charge on any atom is 0.329 e. The molecule has 0 radical (unpaired) electrons. The normalized spacial score (nSPS) is 25.4. The second kappa shape index (κ2) is 6.20. The lowest BCUT2D eigenvalue weighted by Gasteiger charge is -2.37. The van der Waals surface area contributed by atoms with Crippen molar-refractivity contribution in [3.8, 4) is 0 Å². The predicted octanol–water partition coefficient (Wildman–Crippen LogP) is 3.15. The van der Waals surface area contributed by atoms with Gasteiger partial charge in [0.25, 0.3) is 5.91 Å². The van der Waals surface area contributed by atoms with Gasteiger partial charge in [0, 0.05) is 0 Å². The van der Waals surface area contributed by atoms with Crippen molar-refractivity contribution < 1.29 is 14.7 Å². The third-order valence-electron chi connectivity index (χ3n) is 3.79. The smallest absolute Gasteiger partial charge is 0.329 e. The van der Waals surface area contributed by atoms with Gasteiger partial charge in [-0.15, -0.1) is 0 Å². The molecular formula is C14H16Cl2N2O3. The molecule has 0 saturated heterocycles. The van der Waals surface area contributed by atoms with Gasteiger partial charge >= 0.3 is 5.97 Å². The highest BCUT2D eigenvalue weighted by molar-refractivity contribution is 6.34. The summed E-state index contributed by atoms with van der Waals surface area (Å²) in [6.07, 6.45) is 2.51. The zero-order chi connectivity index (χ0) is 15.6. The maximum absolute atomic E-state index is 12.3. The standard InChI is InChI=1S/C14H16Cl2N2O3/c1-8-3-2-6-14(7-8,13(20)21)18-12(19)11-9(15)4-5-10(16)17-11/h4-5,8H,2-3,6-7H2,1H3,(H,18,19)(H,20,21). The van der Waals surface area contributed by atoms with Crippen molar-refractivity contribution >= 4 is 35.1 Å². The van der Waals surface area contributed by atoms with Crippen LogP contribution in [0.2, 0.25) is 10.2 Å². The number of carboxylic acids is 1. The molecule has 1 heterocycles. The summed E-state index contributed by atoms with van der Waals surface area (Å²) < 4.78 is 0. The van der Waals surface area contributed by atoms with Crippen LogP contribution in [0.5, 0.6) is 0 Å². The van der Waals surface area contributed by atoms with Crippen molar-refractivity contribution in [1.29, 1.82) is 0 Å². The summed E-state index contributed by atoms with van der Waals surface area (Å²) in [5.41, 5.74) is -1.31. The summed E-state index contributed by atoms with van der Waals surface area (Å²) in [6, 6.07) is 2.93. The summed E-state index contributed by atoms with van der Waals surface area (Å²) in [5, 5.41) is 12.4. The number of hydrogen-bond donors (Lipinski definition) is 2. The second-order valence-electron chi connectivity index (χ2n) is 5.51. The molecule has 5 nitrogen and oxygen atoms in total. The average molecular weight is 331 g/mol. The molecule has 1 aromatic heterocycles. The Morgan fingerprint density at radius 2 is 2.14 bits per heavy atom. The van der Waals surface area contributed by atoms with E-state index in [9.17, 15) is 14.7 Å². The Hall–Kier alpha value is -1.33. The van der Waals surface area contributed by atoms with E-state index < -0.39 is 17.4 Å². The Labute approximate surface area is 132 Å². The fourth-order valence-corrected chi connectivity index (χ4v) is 3.11. The van der Waals surface area contributed by atoms with Crippen LogP contribution < -0.4 is 5.32 Å². The first kappa shape index (κ1) is 16.0. The van der Waals surface area contributed by atoms with E-state index in [1.165, 1.54) is 12.1 Å². The van der Waals surface area contributed by atoms with Gasteiger partial charge in [0.15, 0.2) is 0 Å². The number of pyridine rings is 1. The molecule has 2 atom stereocenters. The van der Waals surface area contributed by atoms with Crippen molar-refractivity contribution in [2.45, 2.75) is 38.1 Å². The number of nitrogens with zero attached hydrogens (tertiary/aromatic N) is 1. The molecule has 0 spiro atoms. The number of rotatable bonds is 3. The zero-order valence-corrected chi connectivity index (χ0v) is 13.0. The molecule has 1 saturated carbocycles. The molecule has 1 aromatic rings. The van der Waals surface area contributed by atoms with Gasteiger partial charge in [0.05, 0.1) is 5.02 Å². The first-order chi connectivity index (χ1) is 9.84. The molecule has 114 valence electrons. The van der Waals surface area contributed by atoms with E-state index in [2.05, 4.69) is 10.3 Å². The molecule has 2 N–H and O–H groups in total. The highest BCUT2D eigenvalue weighted by Gasteiger charge is 2.43. The van der Waals surface area contributed by atoms with Crippen LogP contribution in [0, 0.1) is 5.92 Å². The Morgan fingerprint density at radius 3 is 2.76 bits per heavy atom. The van der Waals surface area contributed by atoms with E-state index in [4.69, 9.17) is 23.2 Å². The molecule has 0 aliphatic heterocycles. The van der Waals surface area contributed by atoms with Gasteiger partial charge in [-0.3, -0.25) is 4.79 Å². The first-order valence-electron chi connectivity index (χ1n) is 6.72. The Bertz CT molecular complexity index is 579. The van der Waals surface area contributed by atoms with Crippen LogP contribution in [0.1, 0.15) is 43.1 Å². The van der Waals surface area contributed by atoms with Gasteiger partial charge < -0.3 is 10.4 Å². The van der Waals surface area contributed by atoms with E-state index in [1.807, 2.05) is 6.92 Å². The lowest BCUT2D eigenvalue weighted by atomic mass is 9.76. The minimum absolute atomic E-state index is 0.0528. The van der Waals surface area contributed by atoms with Crippen LogP contribution in [-0.2, 0) is 4.79 Å². The van der Waals surface area contributed by atoms with Crippen LogP contribution in [0.15, 0.2) is 12.1 Å². The zero-order valence-electron chi connectivity index (χ0n) is 11.5. The quantitative estimate of drug-likeness (QED) is 0.834. The van der Waals surface area contributed by atoms with Crippen molar-refractivity contribution in [2.24, 2.45) is 5.92 Å². The Morgan fingerprint density at radius 1 is 1.43 bits per heavy atom. The number of carbonyl (C=O) groups excluding carboxylic acids is 1. The van der Waals surface area contributed by atoms with E-state index in [0.717, 1.165) is 12.8 Å². The van der Waals surface area contributed by atoms with Gasteiger partial charge in [-0.25, -0.2) is 9.78 Å². The van der Waals surface area contributed by atoms with Crippen LogP contribution in [0.25, 0.3) is 0 Å². The first-order valence-corrected chi connectivity index (χ1v) is 7.47. The number of carboxylic acid groups (broad SMARTS) is 1. The van der Waals surface area contributed by atoms with Gasteiger partial charge in [0.1, 0.15) is 16.4 Å². The number of carbonyl (C=O) groups is 2. The third-order valence-corrected chi connectivity index (χ3v) is 4.30. The summed E-state index contributed by atoms with van der Waals surface area (Å²) in [6.45, 7) is 1.98.